The van der Waals surface area contributed by atoms with Crippen molar-refractivity contribution in [3.8, 4) is 0 Å². The van der Waals surface area contributed by atoms with Crippen molar-refractivity contribution >= 4 is 10.9 Å². The summed E-state index contributed by atoms with van der Waals surface area (Å²) in [5.74, 6) is 0. The molecular weight excluding hydrogens is 208 g/mol. The molecule has 0 saturated heterocycles. The molecule has 0 aliphatic rings. The van der Waals surface area contributed by atoms with Crippen LogP contribution in [0.4, 0.5) is 0 Å². The minimum absolute atomic E-state index is 0.206. The first-order chi connectivity index (χ1) is 7.99. The highest BCUT2D eigenvalue weighted by atomic mass is 15.0. The van der Waals surface area contributed by atoms with Crippen molar-refractivity contribution in [1.29, 1.82) is 0 Å². The van der Waals surface area contributed by atoms with E-state index in [9.17, 15) is 0 Å². The molecule has 2 rings (SSSR count). The Morgan fingerprint density at radius 3 is 2.47 bits per heavy atom. The molecule has 1 heterocycles. The second-order valence-corrected chi connectivity index (χ2v) is 5.34. The van der Waals surface area contributed by atoms with Crippen LogP contribution in [0.1, 0.15) is 38.1 Å². The van der Waals surface area contributed by atoms with Gasteiger partial charge in [-0.3, -0.25) is 0 Å². The molecule has 0 saturated carbocycles. The van der Waals surface area contributed by atoms with Crippen LogP contribution in [0.25, 0.3) is 10.9 Å². The van der Waals surface area contributed by atoms with Crippen LogP contribution in [-0.4, -0.2) is 10.6 Å². The second-order valence-electron chi connectivity index (χ2n) is 5.34. The fraction of sp³-hybridized carbons (Fsp3) is 0.467. The first-order valence-electron chi connectivity index (χ1n) is 6.35. The lowest BCUT2D eigenvalue weighted by atomic mass is 10.1. The summed E-state index contributed by atoms with van der Waals surface area (Å²) in [5, 5.41) is 1.32. The molecule has 0 spiro atoms. The molecule has 1 atom stereocenters. The van der Waals surface area contributed by atoms with E-state index in [0.29, 0.717) is 6.04 Å². The zero-order chi connectivity index (χ0) is 12.6. The first-order valence-corrected chi connectivity index (χ1v) is 6.35. The van der Waals surface area contributed by atoms with Crippen LogP contribution in [0, 0.1) is 6.92 Å². The molecular formula is C15H22N2. The number of hydrogen-bond donors (Lipinski definition) is 1. The van der Waals surface area contributed by atoms with Gasteiger partial charge in [0.25, 0.3) is 0 Å². The second kappa shape index (κ2) is 4.53. The molecule has 0 bridgehead atoms. The summed E-state index contributed by atoms with van der Waals surface area (Å²) in [5.41, 5.74) is 9.91. The van der Waals surface area contributed by atoms with Crippen molar-refractivity contribution in [3.63, 3.8) is 0 Å². The molecule has 2 N–H and O–H groups in total. The Balaban J connectivity index is 2.63. The van der Waals surface area contributed by atoms with E-state index in [2.05, 4.69) is 56.5 Å². The van der Waals surface area contributed by atoms with Crippen LogP contribution >= 0.6 is 0 Å². The van der Waals surface area contributed by atoms with Gasteiger partial charge in [-0.1, -0.05) is 12.1 Å². The number of nitrogens with zero attached hydrogens (tertiary/aromatic N) is 1. The number of benzene rings is 1. The maximum atomic E-state index is 5.93. The van der Waals surface area contributed by atoms with Gasteiger partial charge in [-0.05, 0) is 50.8 Å². The van der Waals surface area contributed by atoms with Gasteiger partial charge < -0.3 is 10.3 Å². The summed E-state index contributed by atoms with van der Waals surface area (Å²) in [6.45, 7) is 8.66. The van der Waals surface area contributed by atoms with E-state index < -0.39 is 0 Å². The van der Waals surface area contributed by atoms with E-state index in [1.165, 1.54) is 22.2 Å². The summed E-state index contributed by atoms with van der Waals surface area (Å²) in [7, 11) is 0. The maximum absolute atomic E-state index is 5.93. The van der Waals surface area contributed by atoms with Crippen molar-refractivity contribution in [2.24, 2.45) is 5.73 Å². The summed E-state index contributed by atoms with van der Waals surface area (Å²) in [6, 6.07) is 9.59. The van der Waals surface area contributed by atoms with Gasteiger partial charge in [-0.25, -0.2) is 0 Å². The standard InChI is InChI=1S/C15H22N2/c1-10(2)17-14(8-12(4)16)9-13-6-5-11(3)7-15(13)17/h5-7,9-10,12H,8,16H2,1-4H3. The molecule has 0 aliphatic heterocycles. The van der Waals surface area contributed by atoms with Gasteiger partial charge >= 0.3 is 0 Å². The number of aromatic nitrogens is 1. The molecule has 1 aromatic carbocycles. The third-order valence-electron chi connectivity index (χ3n) is 3.12. The van der Waals surface area contributed by atoms with Crippen LogP contribution in [0.3, 0.4) is 0 Å². The number of rotatable bonds is 3. The molecule has 0 aliphatic carbocycles. The number of hydrogen-bond acceptors (Lipinski definition) is 1. The average molecular weight is 230 g/mol. The molecule has 0 amide bonds. The van der Waals surface area contributed by atoms with Crippen molar-refractivity contribution in [2.45, 2.75) is 46.2 Å². The van der Waals surface area contributed by atoms with Crippen LogP contribution in [0.15, 0.2) is 24.3 Å². The lowest BCUT2D eigenvalue weighted by Crippen LogP contribution is -2.20. The highest BCUT2D eigenvalue weighted by Gasteiger charge is 2.12. The van der Waals surface area contributed by atoms with E-state index in [1.54, 1.807) is 0 Å². The van der Waals surface area contributed by atoms with E-state index in [4.69, 9.17) is 5.73 Å². The molecule has 0 fully saturated rings. The van der Waals surface area contributed by atoms with E-state index in [0.717, 1.165) is 6.42 Å². The summed E-state index contributed by atoms with van der Waals surface area (Å²) >= 11 is 0. The SMILES string of the molecule is Cc1ccc2cc(CC(C)N)n(C(C)C)c2c1. The number of nitrogens with two attached hydrogens (primary N) is 1. The summed E-state index contributed by atoms with van der Waals surface area (Å²) in [4.78, 5) is 0. The topological polar surface area (TPSA) is 30.9 Å². The summed E-state index contributed by atoms with van der Waals surface area (Å²) < 4.78 is 2.41. The Bertz CT molecular complexity index is 521. The minimum Gasteiger partial charge on any atom is -0.342 e. The van der Waals surface area contributed by atoms with Crippen LogP contribution in [0.5, 0.6) is 0 Å². The van der Waals surface area contributed by atoms with Gasteiger partial charge in [0, 0.05) is 29.7 Å². The average Bonchev–Trinajstić information content (AvgIpc) is 2.53. The van der Waals surface area contributed by atoms with Crippen molar-refractivity contribution in [2.75, 3.05) is 0 Å². The van der Waals surface area contributed by atoms with Gasteiger partial charge in [-0.2, -0.15) is 0 Å². The van der Waals surface area contributed by atoms with E-state index in [1.807, 2.05) is 0 Å². The van der Waals surface area contributed by atoms with Gasteiger partial charge in [0.2, 0.25) is 0 Å². The quantitative estimate of drug-likeness (QED) is 0.860. The van der Waals surface area contributed by atoms with Gasteiger partial charge in [0.15, 0.2) is 0 Å². The van der Waals surface area contributed by atoms with Crippen molar-refractivity contribution in [3.05, 3.63) is 35.5 Å². The third kappa shape index (κ3) is 2.37. The zero-order valence-corrected chi connectivity index (χ0v) is 11.2. The Hall–Kier alpha value is -1.28. The molecule has 17 heavy (non-hydrogen) atoms. The highest BCUT2D eigenvalue weighted by Crippen LogP contribution is 2.25. The largest absolute Gasteiger partial charge is 0.342 e. The van der Waals surface area contributed by atoms with E-state index >= 15 is 0 Å². The fourth-order valence-electron chi connectivity index (χ4n) is 2.49. The van der Waals surface area contributed by atoms with Gasteiger partial charge in [-0.15, -0.1) is 0 Å². The van der Waals surface area contributed by atoms with Gasteiger partial charge in [0.1, 0.15) is 0 Å². The van der Waals surface area contributed by atoms with Crippen molar-refractivity contribution < 1.29 is 0 Å². The molecule has 2 aromatic rings. The third-order valence-corrected chi connectivity index (χ3v) is 3.12. The number of fused-ring (bicyclic) bond motifs is 1. The highest BCUT2D eigenvalue weighted by molar-refractivity contribution is 5.82. The molecule has 0 radical (unpaired) electrons. The van der Waals surface area contributed by atoms with Gasteiger partial charge in [0.05, 0.1) is 0 Å². The lowest BCUT2D eigenvalue weighted by molar-refractivity contribution is 0.576. The molecule has 2 heteroatoms. The Morgan fingerprint density at radius 1 is 1.18 bits per heavy atom. The van der Waals surface area contributed by atoms with Crippen molar-refractivity contribution in [1.82, 2.24) is 4.57 Å². The molecule has 2 nitrogen and oxygen atoms in total. The van der Waals surface area contributed by atoms with Crippen LogP contribution in [-0.2, 0) is 6.42 Å². The Morgan fingerprint density at radius 2 is 1.88 bits per heavy atom. The maximum Gasteiger partial charge on any atom is 0.0487 e. The molecule has 92 valence electrons. The first kappa shape index (κ1) is 12.2. The Labute approximate surface area is 103 Å². The van der Waals surface area contributed by atoms with E-state index in [-0.39, 0.29) is 6.04 Å². The van der Waals surface area contributed by atoms with Crippen LogP contribution < -0.4 is 5.73 Å². The predicted molar refractivity (Wildman–Crippen MR) is 74.4 cm³/mol. The monoisotopic (exact) mass is 230 g/mol. The number of aryl methyl sites for hydroxylation is 1. The fourth-order valence-corrected chi connectivity index (χ4v) is 2.49. The zero-order valence-electron chi connectivity index (χ0n) is 11.2. The lowest BCUT2D eigenvalue weighted by Gasteiger charge is -2.16. The van der Waals surface area contributed by atoms with Crippen LogP contribution in [0.2, 0.25) is 0 Å². The Kier molecular flexibility index (Phi) is 3.25. The smallest absolute Gasteiger partial charge is 0.0487 e. The molecule has 1 unspecified atom stereocenters. The summed E-state index contributed by atoms with van der Waals surface area (Å²) in [6.07, 6.45) is 0.936. The normalized spacial score (nSPS) is 13.5. The minimum atomic E-state index is 0.206. The molecule has 1 aromatic heterocycles. The predicted octanol–water partition coefficient (Wildman–Crippen LogP) is 3.42.